The molecule has 3 rings (SSSR count). The Hall–Kier alpha value is -5.07. The molecule has 0 unspecified atom stereocenters. The Bertz CT molecular complexity index is 1280. The van der Waals surface area contributed by atoms with Gasteiger partial charge in [0.2, 0.25) is 11.6 Å². The lowest BCUT2D eigenvalue weighted by molar-refractivity contribution is -0.383. The maximum atomic E-state index is 12.1. The first kappa shape index (κ1) is 24.6. The largest absolute Gasteiger partial charge is 0.465 e. The van der Waals surface area contributed by atoms with Crippen LogP contribution >= 0.6 is 0 Å². The zero-order valence-electron chi connectivity index (χ0n) is 18.7. The molecule has 0 aliphatic rings. The monoisotopic (exact) mass is 481 g/mol. The molecule has 1 aromatic heterocycles. The summed E-state index contributed by atoms with van der Waals surface area (Å²) in [5.74, 6) is -2.60. The molecule has 0 radical (unpaired) electrons. The molecule has 0 aliphatic heterocycles. The lowest BCUT2D eigenvalue weighted by Gasteiger charge is -2.13. The number of methoxy groups -OCH3 is 3. The zero-order chi connectivity index (χ0) is 25.5. The Labute approximate surface area is 198 Å². The number of benzene rings is 2. The van der Waals surface area contributed by atoms with Crippen molar-refractivity contribution in [1.29, 1.82) is 0 Å². The number of para-hydroxylation sites is 1. The van der Waals surface area contributed by atoms with Crippen molar-refractivity contribution in [3.05, 3.63) is 75.6 Å². The van der Waals surface area contributed by atoms with Gasteiger partial charge in [0, 0.05) is 5.69 Å². The maximum absolute atomic E-state index is 12.1. The first-order valence-electron chi connectivity index (χ1n) is 9.81. The molecule has 2 N–H and O–H groups in total. The molecule has 0 bridgehead atoms. The molecule has 13 heteroatoms. The second kappa shape index (κ2) is 10.7. The molecule has 0 spiro atoms. The summed E-state index contributed by atoms with van der Waals surface area (Å²) in [6.45, 7) is 0. The van der Waals surface area contributed by atoms with E-state index in [2.05, 4.69) is 20.6 Å². The molecule has 0 amide bonds. The molecule has 0 saturated heterocycles. The number of hydrogen-bond donors (Lipinski definition) is 2. The van der Waals surface area contributed by atoms with Gasteiger partial charge in [-0.3, -0.25) is 10.1 Å². The fourth-order valence-corrected chi connectivity index (χ4v) is 3.05. The van der Waals surface area contributed by atoms with Crippen molar-refractivity contribution in [2.24, 2.45) is 0 Å². The molecule has 13 nitrogen and oxygen atoms in total. The van der Waals surface area contributed by atoms with Gasteiger partial charge in [0.05, 0.1) is 48.6 Å². The van der Waals surface area contributed by atoms with Gasteiger partial charge in [-0.25, -0.2) is 24.4 Å². The van der Waals surface area contributed by atoms with Crippen LogP contribution < -0.4 is 10.6 Å². The third-order valence-corrected chi connectivity index (χ3v) is 4.63. The normalized spacial score (nSPS) is 10.1. The van der Waals surface area contributed by atoms with Crippen LogP contribution in [0.3, 0.4) is 0 Å². The van der Waals surface area contributed by atoms with Crippen molar-refractivity contribution in [1.82, 2.24) is 9.97 Å². The van der Waals surface area contributed by atoms with Crippen molar-refractivity contribution in [3.63, 3.8) is 0 Å². The molecule has 1 heterocycles. The van der Waals surface area contributed by atoms with Crippen molar-refractivity contribution in [3.8, 4) is 0 Å². The van der Waals surface area contributed by atoms with Gasteiger partial charge in [0.15, 0.2) is 0 Å². The number of nitrogens with one attached hydrogen (secondary N) is 2. The predicted octanol–water partition coefficient (Wildman–Crippen LogP) is 3.23. The van der Waals surface area contributed by atoms with Gasteiger partial charge < -0.3 is 24.8 Å². The van der Waals surface area contributed by atoms with Crippen LogP contribution in [0.25, 0.3) is 0 Å². The van der Waals surface area contributed by atoms with E-state index in [9.17, 15) is 24.5 Å². The minimum atomic E-state index is -0.738. The van der Waals surface area contributed by atoms with Crippen LogP contribution in [0.15, 0.2) is 48.8 Å². The van der Waals surface area contributed by atoms with E-state index in [1.807, 2.05) is 0 Å². The Morgan fingerprint density at radius 1 is 0.829 bits per heavy atom. The Morgan fingerprint density at radius 2 is 1.37 bits per heavy atom. The molecular formula is C22H19N5O8. The first-order chi connectivity index (χ1) is 16.8. The minimum Gasteiger partial charge on any atom is -0.465 e. The van der Waals surface area contributed by atoms with Gasteiger partial charge in [-0.05, 0) is 30.3 Å². The summed E-state index contributed by atoms with van der Waals surface area (Å²) in [7, 11) is 3.54. The van der Waals surface area contributed by atoms with Crippen LogP contribution in [0, 0.1) is 10.1 Å². The lowest BCUT2D eigenvalue weighted by atomic mass is 10.1. The van der Waals surface area contributed by atoms with E-state index < -0.39 is 28.5 Å². The molecule has 35 heavy (non-hydrogen) atoms. The number of hydrogen-bond acceptors (Lipinski definition) is 12. The highest BCUT2D eigenvalue weighted by atomic mass is 16.6. The Morgan fingerprint density at radius 3 is 1.91 bits per heavy atom. The van der Waals surface area contributed by atoms with E-state index in [1.165, 1.54) is 51.7 Å². The molecular weight excluding hydrogens is 462 g/mol. The average molecular weight is 481 g/mol. The van der Waals surface area contributed by atoms with Crippen LogP contribution in [-0.4, -0.2) is 54.1 Å². The average Bonchev–Trinajstić information content (AvgIpc) is 2.87. The van der Waals surface area contributed by atoms with Crippen LogP contribution in [-0.2, 0) is 14.2 Å². The summed E-state index contributed by atoms with van der Waals surface area (Å²) in [5, 5.41) is 17.4. The highest BCUT2D eigenvalue weighted by Gasteiger charge is 2.25. The highest BCUT2D eigenvalue weighted by molar-refractivity contribution is 5.98. The number of aromatic nitrogens is 2. The second-order valence-electron chi connectivity index (χ2n) is 6.75. The number of anilines is 4. The van der Waals surface area contributed by atoms with Gasteiger partial charge in [-0.1, -0.05) is 12.1 Å². The minimum absolute atomic E-state index is 0.0000342. The summed E-state index contributed by atoms with van der Waals surface area (Å²) in [4.78, 5) is 55.2. The molecule has 180 valence electrons. The maximum Gasteiger partial charge on any atom is 0.353 e. The number of nitrogens with zero attached hydrogens (tertiary/aromatic N) is 3. The SMILES string of the molecule is COC(=O)c1cc(Nc2ncnc(Nc3ccccc3C(=O)OC)c2[N+](=O)[O-])cc(C(=O)OC)c1. The molecule has 0 atom stereocenters. The first-order valence-corrected chi connectivity index (χ1v) is 9.81. The van der Waals surface area contributed by atoms with Crippen molar-refractivity contribution in [2.75, 3.05) is 32.0 Å². The number of carbonyl (C=O) groups is 3. The summed E-state index contributed by atoms with van der Waals surface area (Å²) in [5.41, 5.74) is -0.0927. The van der Waals surface area contributed by atoms with E-state index >= 15 is 0 Å². The zero-order valence-corrected chi connectivity index (χ0v) is 18.7. The van der Waals surface area contributed by atoms with Crippen LogP contribution in [0.2, 0.25) is 0 Å². The van der Waals surface area contributed by atoms with E-state index in [0.29, 0.717) is 0 Å². The summed E-state index contributed by atoms with van der Waals surface area (Å²) >= 11 is 0. The van der Waals surface area contributed by atoms with Crippen molar-refractivity contribution >= 4 is 46.6 Å². The van der Waals surface area contributed by atoms with Gasteiger partial charge >= 0.3 is 23.6 Å². The van der Waals surface area contributed by atoms with Gasteiger partial charge in [0.25, 0.3) is 0 Å². The van der Waals surface area contributed by atoms with Gasteiger partial charge in [-0.15, -0.1) is 0 Å². The van der Waals surface area contributed by atoms with Crippen molar-refractivity contribution < 1.29 is 33.5 Å². The Kier molecular flexibility index (Phi) is 7.51. The number of ether oxygens (including phenoxy) is 3. The molecule has 0 saturated carbocycles. The number of carbonyl (C=O) groups excluding carboxylic acids is 3. The standard InChI is InChI=1S/C22H19N5O8/c1-33-20(28)12-8-13(21(29)34-2)10-14(9-12)25-18-17(27(31)32)19(24-11-23-18)26-16-7-5-4-6-15(16)22(30)35-3/h4-11H,1-3H3,(H2,23,24,25,26). The smallest absolute Gasteiger partial charge is 0.353 e. The Balaban J connectivity index is 2.06. The van der Waals surface area contributed by atoms with Crippen molar-refractivity contribution in [2.45, 2.75) is 0 Å². The highest BCUT2D eigenvalue weighted by Crippen LogP contribution is 2.34. The molecule has 3 aromatic rings. The van der Waals surface area contributed by atoms with Gasteiger partial charge in [0.1, 0.15) is 6.33 Å². The van der Waals surface area contributed by atoms with Crippen LogP contribution in [0.5, 0.6) is 0 Å². The van der Waals surface area contributed by atoms with Crippen LogP contribution in [0.1, 0.15) is 31.1 Å². The number of rotatable bonds is 8. The number of esters is 3. The molecule has 2 aromatic carbocycles. The summed E-state index contributed by atoms with van der Waals surface area (Å²) < 4.78 is 14.1. The fraction of sp³-hybridized carbons (Fsp3) is 0.136. The lowest BCUT2D eigenvalue weighted by Crippen LogP contribution is -2.10. The third kappa shape index (κ3) is 5.47. The van der Waals surface area contributed by atoms with Crippen LogP contribution in [0.4, 0.5) is 28.7 Å². The quantitative estimate of drug-likeness (QED) is 0.208. The van der Waals surface area contributed by atoms with Gasteiger partial charge in [-0.2, -0.15) is 0 Å². The topological polar surface area (TPSA) is 172 Å². The fourth-order valence-electron chi connectivity index (χ4n) is 3.05. The predicted molar refractivity (Wildman–Crippen MR) is 122 cm³/mol. The molecule has 0 aliphatic carbocycles. The molecule has 0 fully saturated rings. The second-order valence-corrected chi connectivity index (χ2v) is 6.75. The van der Waals surface area contributed by atoms with E-state index in [4.69, 9.17) is 14.2 Å². The summed E-state index contributed by atoms with van der Waals surface area (Å²) in [6, 6.07) is 10.1. The van der Waals surface area contributed by atoms with E-state index in [1.54, 1.807) is 12.1 Å². The third-order valence-electron chi connectivity index (χ3n) is 4.63. The van der Waals surface area contributed by atoms with E-state index in [0.717, 1.165) is 6.33 Å². The summed E-state index contributed by atoms with van der Waals surface area (Å²) in [6.07, 6.45) is 1.06. The van der Waals surface area contributed by atoms with E-state index in [-0.39, 0.29) is 39.7 Å². The number of nitro groups is 1.